The van der Waals surface area contributed by atoms with Crippen molar-refractivity contribution in [3.63, 3.8) is 0 Å². The van der Waals surface area contributed by atoms with E-state index in [0.717, 1.165) is 0 Å². The number of hydrogen-bond acceptors (Lipinski definition) is 5. The van der Waals surface area contributed by atoms with E-state index in [2.05, 4.69) is 10.1 Å². The minimum Gasteiger partial charge on any atom is -0.480 e. The molecular formula is C12H20N2O5. The average molecular weight is 272 g/mol. The molecule has 1 rings (SSSR count). The molecule has 1 aliphatic rings. The highest BCUT2D eigenvalue weighted by Gasteiger charge is 2.36. The summed E-state index contributed by atoms with van der Waals surface area (Å²) in [5.41, 5.74) is 0. The Morgan fingerprint density at radius 3 is 2.47 bits per heavy atom. The fourth-order valence-electron chi connectivity index (χ4n) is 2.23. The summed E-state index contributed by atoms with van der Waals surface area (Å²) in [5, 5.41) is 11.8. The van der Waals surface area contributed by atoms with Gasteiger partial charge in [-0.2, -0.15) is 0 Å². The van der Waals surface area contributed by atoms with Crippen molar-refractivity contribution in [1.82, 2.24) is 10.2 Å². The molecule has 1 heterocycles. The van der Waals surface area contributed by atoms with Gasteiger partial charge >= 0.3 is 11.9 Å². The van der Waals surface area contributed by atoms with Crippen LogP contribution in [0.5, 0.6) is 0 Å². The zero-order valence-electron chi connectivity index (χ0n) is 11.4. The van der Waals surface area contributed by atoms with Crippen LogP contribution >= 0.6 is 0 Å². The van der Waals surface area contributed by atoms with Crippen molar-refractivity contribution in [3.8, 4) is 0 Å². The SMILES string of the molecule is COC(=O)C(C)N[C@@H](C)C(=O)N1CCC[C@H]1C(=O)O. The minimum absolute atomic E-state index is 0.305. The second-order valence-corrected chi connectivity index (χ2v) is 4.66. The average Bonchev–Trinajstić information content (AvgIpc) is 2.85. The molecule has 1 saturated heterocycles. The molecule has 1 aliphatic heterocycles. The zero-order chi connectivity index (χ0) is 14.6. The number of carbonyl (C=O) groups excluding carboxylic acids is 2. The van der Waals surface area contributed by atoms with Gasteiger partial charge in [0.25, 0.3) is 0 Å². The highest BCUT2D eigenvalue weighted by molar-refractivity contribution is 5.88. The summed E-state index contributed by atoms with van der Waals surface area (Å²) in [6.45, 7) is 3.64. The molecule has 7 heteroatoms. The molecule has 108 valence electrons. The van der Waals surface area contributed by atoms with Crippen LogP contribution in [0.25, 0.3) is 0 Å². The highest BCUT2D eigenvalue weighted by atomic mass is 16.5. The fourth-order valence-corrected chi connectivity index (χ4v) is 2.23. The Morgan fingerprint density at radius 1 is 1.32 bits per heavy atom. The smallest absolute Gasteiger partial charge is 0.326 e. The molecule has 3 atom stereocenters. The van der Waals surface area contributed by atoms with Crippen LogP contribution < -0.4 is 5.32 Å². The van der Waals surface area contributed by atoms with Crippen molar-refractivity contribution in [2.45, 2.75) is 44.8 Å². The Balaban J connectivity index is 2.61. The van der Waals surface area contributed by atoms with Gasteiger partial charge in [0.05, 0.1) is 13.2 Å². The van der Waals surface area contributed by atoms with Crippen LogP contribution in [0.3, 0.4) is 0 Å². The third-order valence-corrected chi connectivity index (χ3v) is 3.25. The molecule has 2 N–H and O–H groups in total. The van der Waals surface area contributed by atoms with Crippen LogP contribution in [-0.4, -0.2) is 59.6 Å². The Labute approximate surface area is 111 Å². The lowest BCUT2D eigenvalue weighted by Crippen LogP contribution is -2.52. The van der Waals surface area contributed by atoms with Crippen LogP contribution in [-0.2, 0) is 19.1 Å². The Morgan fingerprint density at radius 2 is 1.95 bits per heavy atom. The molecule has 0 saturated carbocycles. The van der Waals surface area contributed by atoms with E-state index < -0.39 is 30.1 Å². The van der Waals surface area contributed by atoms with Gasteiger partial charge in [0.2, 0.25) is 5.91 Å². The van der Waals surface area contributed by atoms with Crippen LogP contribution in [0, 0.1) is 0 Å². The second kappa shape index (κ2) is 6.51. The van der Waals surface area contributed by atoms with Crippen molar-refractivity contribution in [3.05, 3.63) is 0 Å². The maximum atomic E-state index is 12.2. The van der Waals surface area contributed by atoms with Gasteiger partial charge in [-0.05, 0) is 26.7 Å². The maximum Gasteiger partial charge on any atom is 0.326 e. The first-order valence-corrected chi connectivity index (χ1v) is 6.25. The Hall–Kier alpha value is -1.63. The van der Waals surface area contributed by atoms with E-state index in [0.29, 0.717) is 19.4 Å². The van der Waals surface area contributed by atoms with E-state index in [1.54, 1.807) is 13.8 Å². The summed E-state index contributed by atoms with van der Waals surface area (Å²) < 4.78 is 4.56. The Bertz CT molecular complexity index is 371. The van der Waals surface area contributed by atoms with Crippen LogP contribution in [0.2, 0.25) is 0 Å². The van der Waals surface area contributed by atoms with E-state index in [4.69, 9.17) is 5.11 Å². The molecule has 0 aliphatic carbocycles. The van der Waals surface area contributed by atoms with Gasteiger partial charge in [0.1, 0.15) is 12.1 Å². The summed E-state index contributed by atoms with van der Waals surface area (Å²) in [6.07, 6.45) is 1.16. The largest absolute Gasteiger partial charge is 0.480 e. The standard InChI is InChI=1S/C12H20N2O5/c1-7(13-8(2)12(18)19-3)10(15)14-6-4-5-9(14)11(16)17/h7-9,13H,4-6H2,1-3H3,(H,16,17)/t7-,8?,9-/m0/s1. The van der Waals surface area contributed by atoms with E-state index >= 15 is 0 Å². The van der Waals surface area contributed by atoms with Crippen LogP contribution in [0.4, 0.5) is 0 Å². The molecule has 0 spiro atoms. The third-order valence-electron chi connectivity index (χ3n) is 3.25. The monoisotopic (exact) mass is 272 g/mol. The lowest BCUT2D eigenvalue weighted by atomic mass is 10.2. The maximum absolute atomic E-state index is 12.2. The topological polar surface area (TPSA) is 95.9 Å². The molecule has 0 aromatic heterocycles. The zero-order valence-corrected chi connectivity index (χ0v) is 11.4. The van der Waals surface area contributed by atoms with Gasteiger partial charge in [-0.25, -0.2) is 4.79 Å². The molecule has 0 aromatic rings. The number of aliphatic carboxylic acids is 1. The second-order valence-electron chi connectivity index (χ2n) is 4.66. The summed E-state index contributed by atoms with van der Waals surface area (Å²) in [4.78, 5) is 35.8. The molecule has 19 heavy (non-hydrogen) atoms. The third kappa shape index (κ3) is 3.66. The lowest BCUT2D eigenvalue weighted by molar-refractivity contribution is -0.149. The predicted octanol–water partition coefficient (Wildman–Crippen LogP) is -0.398. The number of nitrogens with zero attached hydrogens (tertiary/aromatic N) is 1. The number of methoxy groups -OCH3 is 1. The molecule has 1 fully saturated rings. The van der Waals surface area contributed by atoms with Gasteiger partial charge in [0.15, 0.2) is 0 Å². The predicted molar refractivity (Wildman–Crippen MR) is 66.4 cm³/mol. The molecular weight excluding hydrogens is 252 g/mol. The van der Waals surface area contributed by atoms with Gasteiger partial charge in [-0.3, -0.25) is 14.9 Å². The van der Waals surface area contributed by atoms with E-state index in [9.17, 15) is 14.4 Å². The first kappa shape index (κ1) is 15.4. The number of nitrogens with one attached hydrogen (secondary N) is 1. The van der Waals surface area contributed by atoms with Crippen LogP contribution in [0.1, 0.15) is 26.7 Å². The summed E-state index contributed by atoms with van der Waals surface area (Å²) >= 11 is 0. The lowest BCUT2D eigenvalue weighted by Gasteiger charge is -2.26. The molecule has 1 unspecified atom stereocenters. The van der Waals surface area contributed by atoms with E-state index in [1.807, 2.05) is 0 Å². The number of ether oxygens (including phenoxy) is 1. The van der Waals surface area contributed by atoms with Gasteiger partial charge in [-0.15, -0.1) is 0 Å². The number of carbonyl (C=O) groups is 3. The van der Waals surface area contributed by atoms with Crippen molar-refractivity contribution in [2.24, 2.45) is 0 Å². The molecule has 0 radical (unpaired) electrons. The molecule has 0 bridgehead atoms. The normalized spacial score (nSPS) is 21.8. The van der Waals surface area contributed by atoms with Crippen LogP contribution in [0.15, 0.2) is 0 Å². The number of carboxylic acids is 1. The number of rotatable bonds is 5. The van der Waals surface area contributed by atoms with E-state index in [-0.39, 0.29) is 5.91 Å². The molecule has 1 amide bonds. The number of likely N-dealkylation sites (tertiary alicyclic amines) is 1. The quantitative estimate of drug-likeness (QED) is 0.661. The fraction of sp³-hybridized carbons (Fsp3) is 0.750. The highest BCUT2D eigenvalue weighted by Crippen LogP contribution is 2.18. The van der Waals surface area contributed by atoms with Gasteiger partial charge in [-0.1, -0.05) is 0 Å². The Kier molecular flexibility index (Phi) is 5.29. The number of amides is 1. The van der Waals surface area contributed by atoms with Crippen molar-refractivity contribution >= 4 is 17.8 Å². The summed E-state index contributed by atoms with van der Waals surface area (Å²) in [5.74, 6) is -1.75. The molecule has 7 nitrogen and oxygen atoms in total. The van der Waals surface area contributed by atoms with Crippen molar-refractivity contribution in [2.75, 3.05) is 13.7 Å². The summed E-state index contributed by atoms with van der Waals surface area (Å²) in [6, 6.07) is -2.01. The first-order valence-electron chi connectivity index (χ1n) is 6.25. The number of esters is 1. The van der Waals surface area contributed by atoms with Gasteiger partial charge in [0, 0.05) is 6.54 Å². The molecule has 0 aromatic carbocycles. The van der Waals surface area contributed by atoms with Crippen molar-refractivity contribution < 1.29 is 24.2 Å². The number of hydrogen-bond donors (Lipinski definition) is 2. The number of carboxylic acid groups (broad SMARTS) is 1. The van der Waals surface area contributed by atoms with Gasteiger partial charge < -0.3 is 14.7 Å². The van der Waals surface area contributed by atoms with E-state index in [1.165, 1.54) is 12.0 Å². The summed E-state index contributed by atoms with van der Waals surface area (Å²) in [7, 11) is 1.27. The van der Waals surface area contributed by atoms with Crippen molar-refractivity contribution in [1.29, 1.82) is 0 Å². The minimum atomic E-state index is -0.987. The first-order chi connectivity index (χ1) is 8.88.